The van der Waals surface area contributed by atoms with Crippen molar-refractivity contribution in [2.24, 2.45) is 5.92 Å². The van der Waals surface area contributed by atoms with Crippen LogP contribution in [0.1, 0.15) is 49.0 Å². The molecule has 1 atom stereocenters. The van der Waals surface area contributed by atoms with Gasteiger partial charge >= 0.3 is 7.12 Å². The summed E-state index contributed by atoms with van der Waals surface area (Å²) in [5, 5.41) is 24.2. The van der Waals surface area contributed by atoms with Crippen molar-refractivity contribution in [2.45, 2.75) is 51.3 Å². The summed E-state index contributed by atoms with van der Waals surface area (Å²) in [7, 11) is -1.68. The van der Waals surface area contributed by atoms with Crippen LogP contribution in [0.5, 0.6) is 0 Å². The number of halogens is 1. The van der Waals surface area contributed by atoms with Gasteiger partial charge in [0, 0.05) is 5.56 Å². The highest BCUT2D eigenvalue weighted by molar-refractivity contribution is 6.43. The van der Waals surface area contributed by atoms with Gasteiger partial charge in [0.15, 0.2) is 0 Å². The first kappa shape index (κ1) is 19.4. The Bertz CT molecular complexity index is 635. The molecule has 1 aromatic carbocycles. The average molecular weight is 350 g/mol. The number of carbonyl (C=O) groups excluding carboxylic acids is 2. The topological polar surface area (TPSA) is 98.7 Å². The van der Waals surface area contributed by atoms with E-state index in [1.165, 1.54) is 12.1 Å². The standard InChI is InChI=1S/C17H24BFN2O4/c1-11(2)9-14(18(24)25)20-16(23)17(7-8-17)21-15(22)13-6-4-3-5-12(13)10-19/h3-6,11,14,24-25H,7-10H2,1-2H3,(H,20,23)(H,21,22)/t14-/m0/s1. The van der Waals surface area contributed by atoms with E-state index >= 15 is 0 Å². The van der Waals surface area contributed by atoms with Gasteiger partial charge in [-0.05, 0) is 36.8 Å². The molecule has 0 unspecified atom stereocenters. The summed E-state index contributed by atoms with van der Waals surface area (Å²) < 4.78 is 13.0. The Morgan fingerprint density at radius 2 is 1.92 bits per heavy atom. The molecule has 0 heterocycles. The zero-order chi connectivity index (χ0) is 18.6. The fourth-order valence-electron chi connectivity index (χ4n) is 2.75. The van der Waals surface area contributed by atoms with Crippen molar-refractivity contribution in [3.63, 3.8) is 0 Å². The van der Waals surface area contributed by atoms with E-state index in [9.17, 15) is 24.0 Å². The van der Waals surface area contributed by atoms with Crippen LogP contribution in [-0.4, -0.2) is 40.5 Å². The Morgan fingerprint density at radius 1 is 1.28 bits per heavy atom. The van der Waals surface area contributed by atoms with Crippen LogP contribution in [0.25, 0.3) is 0 Å². The summed E-state index contributed by atoms with van der Waals surface area (Å²) in [6.07, 6.45) is 1.31. The maximum atomic E-state index is 13.0. The number of amides is 2. The maximum Gasteiger partial charge on any atom is 0.475 e. The quantitative estimate of drug-likeness (QED) is 0.525. The number of alkyl halides is 1. The third-order valence-corrected chi connectivity index (χ3v) is 4.35. The molecule has 1 fully saturated rings. The van der Waals surface area contributed by atoms with Crippen molar-refractivity contribution in [3.8, 4) is 0 Å². The number of carbonyl (C=O) groups is 2. The van der Waals surface area contributed by atoms with Crippen LogP contribution in [0.4, 0.5) is 4.39 Å². The summed E-state index contributed by atoms with van der Waals surface area (Å²) in [4.78, 5) is 24.9. The van der Waals surface area contributed by atoms with Crippen molar-refractivity contribution in [2.75, 3.05) is 0 Å². The Labute approximate surface area is 147 Å². The van der Waals surface area contributed by atoms with E-state index in [2.05, 4.69) is 10.6 Å². The minimum atomic E-state index is -1.68. The molecule has 0 aromatic heterocycles. The van der Waals surface area contributed by atoms with Gasteiger partial charge in [-0.25, -0.2) is 4.39 Å². The molecule has 136 valence electrons. The van der Waals surface area contributed by atoms with Gasteiger partial charge in [-0.3, -0.25) is 9.59 Å². The molecule has 1 saturated carbocycles. The zero-order valence-electron chi connectivity index (χ0n) is 14.5. The second-order valence-corrected chi connectivity index (χ2v) is 6.95. The Balaban J connectivity index is 2.06. The molecule has 2 rings (SSSR count). The summed E-state index contributed by atoms with van der Waals surface area (Å²) in [5.74, 6) is -1.60. The summed E-state index contributed by atoms with van der Waals surface area (Å²) in [6.45, 7) is 3.05. The lowest BCUT2D eigenvalue weighted by molar-refractivity contribution is -0.124. The van der Waals surface area contributed by atoms with E-state index < -0.39 is 37.1 Å². The second-order valence-electron chi connectivity index (χ2n) is 6.95. The molecule has 0 saturated heterocycles. The van der Waals surface area contributed by atoms with Crippen LogP contribution in [0.15, 0.2) is 24.3 Å². The molecular formula is C17H24BFN2O4. The minimum Gasteiger partial charge on any atom is -0.426 e. The van der Waals surface area contributed by atoms with Crippen molar-refractivity contribution in [1.29, 1.82) is 0 Å². The Hall–Kier alpha value is -1.93. The molecule has 25 heavy (non-hydrogen) atoms. The van der Waals surface area contributed by atoms with Crippen molar-refractivity contribution < 1.29 is 24.0 Å². The summed E-state index contributed by atoms with van der Waals surface area (Å²) in [6, 6.07) is 6.31. The molecule has 2 amide bonds. The predicted octanol–water partition coefficient (Wildman–Crippen LogP) is 0.961. The number of rotatable bonds is 8. The van der Waals surface area contributed by atoms with Gasteiger partial charge in [0.1, 0.15) is 12.2 Å². The third-order valence-electron chi connectivity index (χ3n) is 4.35. The summed E-state index contributed by atoms with van der Waals surface area (Å²) >= 11 is 0. The zero-order valence-corrected chi connectivity index (χ0v) is 14.5. The van der Waals surface area contributed by atoms with E-state index in [0.29, 0.717) is 19.3 Å². The van der Waals surface area contributed by atoms with Crippen LogP contribution in [0, 0.1) is 5.92 Å². The van der Waals surface area contributed by atoms with Crippen LogP contribution in [0.2, 0.25) is 0 Å². The van der Waals surface area contributed by atoms with Crippen molar-refractivity contribution in [1.82, 2.24) is 10.6 Å². The van der Waals surface area contributed by atoms with Gasteiger partial charge < -0.3 is 20.7 Å². The lowest BCUT2D eigenvalue weighted by Crippen LogP contribution is -2.55. The van der Waals surface area contributed by atoms with Crippen molar-refractivity contribution >= 4 is 18.9 Å². The fraction of sp³-hybridized carbons (Fsp3) is 0.529. The van der Waals surface area contributed by atoms with Crippen LogP contribution in [0.3, 0.4) is 0 Å². The number of hydrogen-bond donors (Lipinski definition) is 4. The molecule has 1 aliphatic rings. The molecule has 0 spiro atoms. The number of hydrogen-bond acceptors (Lipinski definition) is 4. The first-order valence-electron chi connectivity index (χ1n) is 8.42. The van der Waals surface area contributed by atoms with Crippen LogP contribution >= 0.6 is 0 Å². The molecular weight excluding hydrogens is 326 g/mol. The molecule has 8 heteroatoms. The molecule has 1 aliphatic carbocycles. The molecule has 0 aliphatic heterocycles. The number of nitrogens with one attached hydrogen (secondary N) is 2. The van der Waals surface area contributed by atoms with E-state index in [4.69, 9.17) is 0 Å². The lowest BCUT2D eigenvalue weighted by atomic mass is 9.75. The highest BCUT2D eigenvalue weighted by Gasteiger charge is 2.52. The van der Waals surface area contributed by atoms with Crippen molar-refractivity contribution in [3.05, 3.63) is 35.4 Å². The van der Waals surface area contributed by atoms with E-state index in [1.807, 2.05) is 13.8 Å². The second kappa shape index (κ2) is 7.97. The highest BCUT2D eigenvalue weighted by Crippen LogP contribution is 2.36. The third kappa shape index (κ3) is 4.79. The monoisotopic (exact) mass is 350 g/mol. The van der Waals surface area contributed by atoms with Gasteiger partial charge in [0.05, 0.1) is 5.94 Å². The average Bonchev–Trinajstić information content (AvgIpc) is 3.34. The highest BCUT2D eigenvalue weighted by atomic mass is 19.1. The van der Waals surface area contributed by atoms with E-state index in [1.54, 1.807) is 12.1 Å². The molecule has 0 bridgehead atoms. The van der Waals surface area contributed by atoms with Gasteiger partial charge in [-0.2, -0.15) is 0 Å². The van der Waals surface area contributed by atoms with Crippen LogP contribution in [-0.2, 0) is 11.5 Å². The minimum absolute atomic E-state index is 0.160. The maximum absolute atomic E-state index is 13.0. The first-order chi connectivity index (χ1) is 11.8. The van der Waals surface area contributed by atoms with Gasteiger partial charge in [-0.15, -0.1) is 0 Å². The Kier molecular flexibility index (Phi) is 6.18. The molecule has 1 aromatic rings. The molecule has 0 radical (unpaired) electrons. The van der Waals surface area contributed by atoms with E-state index in [-0.39, 0.29) is 17.0 Å². The predicted molar refractivity (Wildman–Crippen MR) is 92.3 cm³/mol. The first-order valence-corrected chi connectivity index (χ1v) is 8.42. The largest absolute Gasteiger partial charge is 0.475 e. The number of benzene rings is 1. The molecule has 6 nitrogen and oxygen atoms in total. The van der Waals surface area contributed by atoms with Crippen LogP contribution < -0.4 is 10.6 Å². The van der Waals surface area contributed by atoms with E-state index in [0.717, 1.165) is 0 Å². The van der Waals surface area contributed by atoms with Gasteiger partial charge in [0.2, 0.25) is 5.91 Å². The molecule has 4 N–H and O–H groups in total. The summed E-state index contributed by atoms with van der Waals surface area (Å²) in [5.41, 5.74) is -0.602. The fourth-order valence-corrected chi connectivity index (χ4v) is 2.75. The lowest BCUT2D eigenvalue weighted by Gasteiger charge is -2.24. The SMILES string of the molecule is CC(C)C[C@H](NC(=O)C1(NC(=O)c2ccccc2CF)CC1)B(O)O. The van der Waals surface area contributed by atoms with Gasteiger partial charge in [0.25, 0.3) is 5.91 Å². The van der Waals surface area contributed by atoms with Gasteiger partial charge in [-0.1, -0.05) is 32.0 Å². The Morgan fingerprint density at radius 3 is 2.44 bits per heavy atom. The smallest absolute Gasteiger partial charge is 0.426 e. The normalized spacial score (nSPS) is 16.2.